The zero-order chi connectivity index (χ0) is 22.9. The van der Waals surface area contributed by atoms with Gasteiger partial charge in [0, 0.05) is 6.42 Å². The number of aliphatic carboxylic acids is 1. The van der Waals surface area contributed by atoms with Crippen LogP contribution in [0.3, 0.4) is 0 Å². The van der Waals surface area contributed by atoms with E-state index in [1.165, 1.54) is 18.2 Å². The minimum absolute atomic E-state index is 0.0169. The summed E-state index contributed by atoms with van der Waals surface area (Å²) in [6, 6.07) is 22.0. The van der Waals surface area contributed by atoms with E-state index in [0.29, 0.717) is 0 Å². The Kier molecular flexibility index (Phi) is 7.48. The Hall–Kier alpha value is -4.26. The fourth-order valence-electron chi connectivity index (χ4n) is 2.90. The summed E-state index contributed by atoms with van der Waals surface area (Å²) in [6.45, 7) is 0.0392. The molecule has 0 heterocycles. The van der Waals surface area contributed by atoms with Crippen molar-refractivity contribution in [3.63, 3.8) is 0 Å². The van der Waals surface area contributed by atoms with E-state index in [9.17, 15) is 19.2 Å². The summed E-state index contributed by atoms with van der Waals surface area (Å²) in [5, 5.41) is 8.89. The van der Waals surface area contributed by atoms with Crippen LogP contribution >= 0.6 is 0 Å². The molecule has 0 aliphatic rings. The number of hydrogen-bond acceptors (Lipinski definition) is 6. The number of carboxylic acid groups (broad SMARTS) is 1. The van der Waals surface area contributed by atoms with Gasteiger partial charge < -0.3 is 14.6 Å². The SMILES string of the molecule is O=C(O)C(=O)Cc1cc(C(=O)OCc2ccccc2)cc(C(=O)OCc2ccccc2)c1. The highest BCUT2D eigenvalue weighted by molar-refractivity contribution is 6.33. The second kappa shape index (κ2) is 10.7. The second-order valence-electron chi connectivity index (χ2n) is 6.95. The maximum absolute atomic E-state index is 12.6. The highest BCUT2D eigenvalue weighted by Gasteiger charge is 2.19. The van der Waals surface area contributed by atoms with Crippen molar-refractivity contribution < 1.29 is 33.8 Å². The number of hydrogen-bond donors (Lipinski definition) is 1. The molecule has 0 radical (unpaired) electrons. The first-order chi connectivity index (χ1) is 15.4. The number of Topliss-reactive ketones (excluding diaryl/α,β-unsaturated/α-hetero) is 1. The Labute approximate surface area is 184 Å². The zero-order valence-electron chi connectivity index (χ0n) is 17.0. The van der Waals surface area contributed by atoms with Crippen LogP contribution in [0.4, 0.5) is 0 Å². The number of carboxylic acids is 1. The number of carbonyl (C=O) groups excluding carboxylic acids is 3. The summed E-state index contributed by atoms with van der Waals surface area (Å²) in [7, 11) is 0. The molecule has 32 heavy (non-hydrogen) atoms. The number of ketones is 1. The lowest BCUT2D eigenvalue weighted by Gasteiger charge is -2.10. The quantitative estimate of drug-likeness (QED) is 0.407. The van der Waals surface area contributed by atoms with Gasteiger partial charge in [-0.2, -0.15) is 0 Å². The Morgan fingerprint density at radius 1 is 0.625 bits per heavy atom. The summed E-state index contributed by atoms with van der Waals surface area (Å²) in [5.41, 5.74) is 1.78. The Bertz CT molecular complexity index is 1050. The third-order valence-electron chi connectivity index (χ3n) is 4.49. The van der Waals surface area contributed by atoms with Crippen LogP contribution in [0.25, 0.3) is 0 Å². The third kappa shape index (κ3) is 6.37. The van der Waals surface area contributed by atoms with Crippen LogP contribution in [-0.4, -0.2) is 28.8 Å². The van der Waals surface area contributed by atoms with Gasteiger partial charge in [-0.25, -0.2) is 14.4 Å². The monoisotopic (exact) mass is 432 g/mol. The van der Waals surface area contributed by atoms with E-state index in [2.05, 4.69) is 0 Å². The molecule has 0 saturated heterocycles. The van der Waals surface area contributed by atoms with Gasteiger partial charge in [-0.1, -0.05) is 60.7 Å². The number of esters is 2. The fraction of sp³-hybridized carbons (Fsp3) is 0.120. The average molecular weight is 432 g/mol. The summed E-state index contributed by atoms with van der Waals surface area (Å²) in [5.74, 6) is -4.09. The zero-order valence-corrected chi connectivity index (χ0v) is 17.0. The summed E-state index contributed by atoms with van der Waals surface area (Å²) in [4.78, 5) is 47.7. The third-order valence-corrected chi connectivity index (χ3v) is 4.49. The number of rotatable bonds is 9. The molecular formula is C25H20O7. The molecule has 7 nitrogen and oxygen atoms in total. The Morgan fingerprint density at radius 2 is 1.06 bits per heavy atom. The van der Waals surface area contributed by atoms with Crippen LogP contribution < -0.4 is 0 Å². The van der Waals surface area contributed by atoms with Crippen LogP contribution in [-0.2, 0) is 38.7 Å². The highest BCUT2D eigenvalue weighted by atomic mass is 16.5. The molecule has 0 fully saturated rings. The van der Waals surface area contributed by atoms with Crippen molar-refractivity contribution >= 4 is 23.7 Å². The predicted octanol–water partition coefficient (Wildman–Crippen LogP) is 3.60. The molecule has 0 aliphatic carbocycles. The molecular weight excluding hydrogens is 412 g/mol. The van der Waals surface area contributed by atoms with Gasteiger partial charge in [0.25, 0.3) is 0 Å². The van der Waals surface area contributed by atoms with Crippen molar-refractivity contribution in [1.82, 2.24) is 0 Å². The van der Waals surface area contributed by atoms with E-state index >= 15 is 0 Å². The van der Waals surface area contributed by atoms with Gasteiger partial charge in [0.2, 0.25) is 5.78 Å². The van der Waals surface area contributed by atoms with Crippen molar-refractivity contribution in [3.8, 4) is 0 Å². The van der Waals surface area contributed by atoms with Gasteiger partial charge in [0.1, 0.15) is 13.2 Å². The number of carbonyl (C=O) groups is 4. The van der Waals surface area contributed by atoms with Gasteiger partial charge in [0.15, 0.2) is 0 Å². The molecule has 0 aliphatic heterocycles. The van der Waals surface area contributed by atoms with E-state index in [-0.39, 0.29) is 29.9 Å². The van der Waals surface area contributed by atoms with E-state index < -0.39 is 30.1 Å². The van der Waals surface area contributed by atoms with Crippen LogP contribution in [0.2, 0.25) is 0 Å². The molecule has 0 aromatic heterocycles. The molecule has 0 saturated carbocycles. The molecule has 3 aromatic carbocycles. The van der Waals surface area contributed by atoms with E-state index in [1.807, 2.05) is 36.4 Å². The maximum Gasteiger partial charge on any atom is 0.372 e. The first kappa shape index (κ1) is 22.4. The summed E-state index contributed by atoms with van der Waals surface area (Å²) in [6.07, 6.45) is -0.478. The molecule has 3 aromatic rings. The molecule has 0 atom stereocenters. The molecule has 0 bridgehead atoms. The van der Waals surface area contributed by atoms with Crippen LogP contribution in [0.1, 0.15) is 37.4 Å². The van der Waals surface area contributed by atoms with Gasteiger partial charge >= 0.3 is 17.9 Å². The van der Waals surface area contributed by atoms with Crippen molar-refractivity contribution in [2.75, 3.05) is 0 Å². The average Bonchev–Trinajstić information content (AvgIpc) is 2.82. The van der Waals surface area contributed by atoms with Gasteiger partial charge in [-0.3, -0.25) is 4.79 Å². The minimum Gasteiger partial charge on any atom is -0.475 e. The molecule has 7 heteroatoms. The van der Waals surface area contributed by atoms with E-state index in [1.54, 1.807) is 24.3 Å². The van der Waals surface area contributed by atoms with E-state index in [4.69, 9.17) is 14.6 Å². The summed E-state index contributed by atoms with van der Waals surface area (Å²) >= 11 is 0. The van der Waals surface area contributed by atoms with Crippen LogP contribution in [0.15, 0.2) is 78.9 Å². The van der Waals surface area contributed by atoms with Gasteiger partial charge in [-0.05, 0) is 34.9 Å². The normalized spacial score (nSPS) is 10.2. The van der Waals surface area contributed by atoms with Crippen molar-refractivity contribution in [2.24, 2.45) is 0 Å². The van der Waals surface area contributed by atoms with Crippen LogP contribution in [0, 0.1) is 0 Å². The predicted molar refractivity (Wildman–Crippen MR) is 114 cm³/mol. The lowest BCUT2D eigenvalue weighted by atomic mass is 10.0. The number of benzene rings is 3. The topological polar surface area (TPSA) is 107 Å². The fourth-order valence-corrected chi connectivity index (χ4v) is 2.90. The van der Waals surface area contributed by atoms with Crippen molar-refractivity contribution in [1.29, 1.82) is 0 Å². The first-order valence-electron chi connectivity index (χ1n) is 9.74. The maximum atomic E-state index is 12.6. The van der Waals surface area contributed by atoms with Gasteiger partial charge in [-0.15, -0.1) is 0 Å². The van der Waals surface area contributed by atoms with Crippen molar-refractivity contribution in [2.45, 2.75) is 19.6 Å². The number of ether oxygens (including phenoxy) is 2. The standard InChI is InChI=1S/C25H20O7/c26-22(23(27)28)13-19-11-20(24(29)31-15-17-7-3-1-4-8-17)14-21(12-19)25(30)32-16-18-9-5-2-6-10-18/h1-12,14H,13,15-16H2,(H,27,28). The first-order valence-corrected chi connectivity index (χ1v) is 9.74. The largest absolute Gasteiger partial charge is 0.475 e. The van der Waals surface area contributed by atoms with Gasteiger partial charge in [0.05, 0.1) is 11.1 Å². The molecule has 0 spiro atoms. The minimum atomic E-state index is -1.60. The lowest BCUT2D eigenvalue weighted by molar-refractivity contribution is -0.148. The smallest absolute Gasteiger partial charge is 0.372 e. The Balaban J connectivity index is 1.79. The van der Waals surface area contributed by atoms with Crippen molar-refractivity contribution in [3.05, 3.63) is 107 Å². The molecule has 3 rings (SSSR count). The Morgan fingerprint density at radius 3 is 1.47 bits per heavy atom. The highest BCUT2D eigenvalue weighted by Crippen LogP contribution is 2.16. The second-order valence-corrected chi connectivity index (χ2v) is 6.95. The summed E-state index contributed by atoms with van der Waals surface area (Å²) < 4.78 is 10.6. The van der Waals surface area contributed by atoms with E-state index in [0.717, 1.165) is 11.1 Å². The molecule has 0 unspecified atom stereocenters. The molecule has 1 N–H and O–H groups in total. The molecule has 162 valence electrons. The molecule has 0 amide bonds. The lowest BCUT2D eigenvalue weighted by Crippen LogP contribution is -2.16. The van der Waals surface area contributed by atoms with Crippen LogP contribution in [0.5, 0.6) is 0 Å².